The number of carbonyl (C=O) groups is 2. The normalized spacial score (nSPS) is 15.9. The van der Waals surface area contributed by atoms with Crippen molar-refractivity contribution in [3.05, 3.63) is 64.7 Å². The quantitative estimate of drug-likeness (QED) is 0.468. The standard InChI is InChI=1S/C21H20O5/c1-13-5-8-17(11-14(13)2)24-16-9-6-15(7-10-16)12-18-19(22)25-21(3,4)26-20(18)23/h5-12H,1-4H3. The van der Waals surface area contributed by atoms with Crippen molar-refractivity contribution in [2.75, 3.05) is 0 Å². The summed E-state index contributed by atoms with van der Waals surface area (Å²) in [5, 5.41) is 0. The Bertz CT molecular complexity index is 869. The highest BCUT2D eigenvalue weighted by Crippen LogP contribution is 2.26. The number of aryl methyl sites for hydroxylation is 2. The molecule has 0 radical (unpaired) electrons. The predicted octanol–water partition coefficient (Wildman–Crippen LogP) is 4.32. The Morgan fingerprint density at radius 1 is 0.846 bits per heavy atom. The molecule has 0 spiro atoms. The smallest absolute Gasteiger partial charge is 0.348 e. The molecule has 0 N–H and O–H groups in total. The zero-order valence-corrected chi connectivity index (χ0v) is 15.2. The summed E-state index contributed by atoms with van der Waals surface area (Å²) in [4.78, 5) is 24.0. The zero-order chi connectivity index (χ0) is 18.9. The molecule has 0 aliphatic carbocycles. The number of rotatable bonds is 3. The predicted molar refractivity (Wildman–Crippen MR) is 96.7 cm³/mol. The molecule has 3 rings (SSSR count). The van der Waals surface area contributed by atoms with Crippen LogP contribution in [0.25, 0.3) is 6.08 Å². The lowest BCUT2D eigenvalue weighted by Crippen LogP contribution is -2.41. The minimum absolute atomic E-state index is 0.132. The lowest BCUT2D eigenvalue weighted by molar-refractivity contribution is -0.222. The summed E-state index contributed by atoms with van der Waals surface area (Å²) < 4.78 is 16.0. The second-order valence-corrected chi connectivity index (χ2v) is 6.65. The molecule has 0 atom stereocenters. The molecular weight excluding hydrogens is 332 g/mol. The summed E-state index contributed by atoms with van der Waals surface area (Å²) in [6.45, 7) is 7.10. The first-order valence-electron chi connectivity index (χ1n) is 8.27. The topological polar surface area (TPSA) is 61.8 Å². The Kier molecular flexibility index (Phi) is 4.55. The molecule has 134 valence electrons. The Morgan fingerprint density at radius 3 is 2.00 bits per heavy atom. The molecule has 1 aliphatic rings. The average Bonchev–Trinajstić information content (AvgIpc) is 2.55. The summed E-state index contributed by atoms with van der Waals surface area (Å²) in [7, 11) is 0. The van der Waals surface area contributed by atoms with Crippen molar-refractivity contribution >= 4 is 18.0 Å². The van der Waals surface area contributed by atoms with Gasteiger partial charge in [-0.05, 0) is 60.9 Å². The third-order valence-corrected chi connectivity index (χ3v) is 4.02. The van der Waals surface area contributed by atoms with Gasteiger partial charge in [0.25, 0.3) is 5.79 Å². The summed E-state index contributed by atoms with van der Waals surface area (Å²) >= 11 is 0. The van der Waals surface area contributed by atoms with Crippen LogP contribution < -0.4 is 4.74 Å². The van der Waals surface area contributed by atoms with Gasteiger partial charge < -0.3 is 14.2 Å². The molecule has 0 amide bonds. The van der Waals surface area contributed by atoms with Gasteiger partial charge in [-0.1, -0.05) is 18.2 Å². The first kappa shape index (κ1) is 17.7. The molecule has 1 fully saturated rings. The first-order valence-corrected chi connectivity index (χ1v) is 8.27. The van der Waals surface area contributed by atoms with Gasteiger partial charge >= 0.3 is 11.9 Å². The fraction of sp³-hybridized carbons (Fsp3) is 0.238. The maximum atomic E-state index is 12.0. The molecule has 5 nitrogen and oxygen atoms in total. The average molecular weight is 352 g/mol. The Morgan fingerprint density at radius 2 is 1.42 bits per heavy atom. The van der Waals surface area contributed by atoms with E-state index in [1.54, 1.807) is 24.3 Å². The van der Waals surface area contributed by atoms with Gasteiger partial charge in [0.2, 0.25) is 0 Å². The highest BCUT2D eigenvalue weighted by Gasteiger charge is 2.38. The van der Waals surface area contributed by atoms with Crippen molar-refractivity contribution in [1.29, 1.82) is 0 Å². The minimum Gasteiger partial charge on any atom is -0.457 e. The van der Waals surface area contributed by atoms with Crippen LogP contribution in [0.1, 0.15) is 30.5 Å². The zero-order valence-electron chi connectivity index (χ0n) is 15.2. The van der Waals surface area contributed by atoms with Crippen LogP contribution in [0, 0.1) is 13.8 Å². The molecule has 0 saturated carbocycles. The van der Waals surface area contributed by atoms with Crippen molar-refractivity contribution < 1.29 is 23.8 Å². The number of carbonyl (C=O) groups excluding carboxylic acids is 2. The van der Waals surface area contributed by atoms with E-state index in [-0.39, 0.29) is 5.57 Å². The van der Waals surface area contributed by atoms with Crippen molar-refractivity contribution in [3.8, 4) is 11.5 Å². The van der Waals surface area contributed by atoms with Crippen molar-refractivity contribution in [2.24, 2.45) is 0 Å². The van der Waals surface area contributed by atoms with Crippen LogP contribution in [0.4, 0.5) is 0 Å². The maximum absolute atomic E-state index is 12.0. The van der Waals surface area contributed by atoms with E-state index in [9.17, 15) is 9.59 Å². The van der Waals surface area contributed by atoms with Crippen LogP contribution >= 0.6 is 0 Å². The van der Waals surface area contributed by atoms with Crippen LogP contribution in [-0.4, -0.2) is 17.7 Å². The summed E-state index contributed by atoms with van der Waals surface area (Å²) in [6.07, 6.45) is 1.44. The summed E-state index contributed by atoms with van der Waals surface area (Å²) in [6, 6.07) is 12.9. The molecule has 2 aromatic carbocycles. The van der Waals surface area contributed by atoms with E-state index >= 15 is 0 Å². The van der Waals surface area contributed by atoms with Crippen LogP contribution in [0.15, 0.2) is 48.0 Å². The van der Waals surface area contributed by atoms with Crippen molar-refractivity contribution in [2.45, 2.75) is 33.5 Å². The maximum Gasteiger partial charge on any atom is 0.348 e. The number of hydrogen-bond donors (Lipinski definition) is 0. The second-order valence-electron chi connectivity index (χ2n) is 6.65. The number of esters is 2. The van der Waals surface area contributed by atoms with Gasteiger partial charge in [0.15, 0.2) is 0 Å². The van der Waals surface area contributed by atoms with Gasteiger partial charge in [0.05, 0.1) is 0 Å². The molecule has 0 unspecified atom stereocenters. The Balaban J connectivity index is 1.76. The van der Waals surface area contributed by atoms with Crippen molar-refractivity contribution in [1.82, 2.24) is 0 Å². The molecular formula is C21H20O5. The van der Waals surface area contributed by atoms with Gasteiger partial charge in [-0.2, -0.15) is 0 Å². The van der Waals surface area contributed by atoms with E-state index in [1.165, 1.54) is 25.5 Å². The van der Waals surface area contributed by atoms with E-state index in [0.29, 0.717) is 11.3 Å². The van der Waals surface area contributed by atoms with Crippen LogP contribution in [-0.2, 0) is 19.1 Å². The molecule has 0 bridgehead atoms. The Labute approximate surface area is 152 Å². The molecule has 1 aliphatic heterocycles. The van der Waals surface area contributed by atoms with Gasteiger partial charge in [-0.15, -0.1) is 0 Å². The molecule has 1 saturated heterocycles. The largest absolute Gasteiger partial charge is 0.457 e. The van der Waals surface area contributed by atoms with E-state index < -0.39 is 17.7 Å². The van der Waals surface area contributed by atoms with E-state index in [2.05, 4.69) is 0 Å². The lowest BCUT2D eigenvalue weighted by atomic mass is 10.1. The summed E-state index contributed by atoms with van der Waals surface area (Å²) in [5.41, 5.74) is 2.89. The fourth-order valence-electron chi connectivity index (χ4n) is 2.49. The number of cyclic esters (lactones) is 2. The van der Waals surface area contributed by atoms with Crippen LogP contribution in [0.3, 0.4) is 0 Å². The van der Waals surface area contributed by atoms with Gasteiger partial charge in [-0.25, -0.2) is 9.59 Å². The number of benzene rings is 2. The third kappa shape index (κ3) is 3.94. The summed E-state index contributed by atoms with van der Waals surface area (Å²) in [5.74, 6) is -1.22. The molecule has 0 aromatic heterocycles. The van der Waals surface area contributed by atoms with Crippen LogP contribution in [0.5, 0.6) is 11.5 Å². The molecule has 26 heavy (non-hydrogen) atoms. The highest BCUT2D eigenvalue weighted by molar-refractivity contribution is 6.18. The molecule has 2 aromatic rings. The molecule has 1 heterocycles. The molecule has 5 heteroatoms. The van der Waals surface area contributed by atoms with Crippen LogP contribution in [0.2, 0.25) is 0 Å². The van der Waals surface area contributed by atoms with E-state index in [1.807, 2.05) is 32.0 Å². The number of ether oxygens (including phenoxy) is 3. The minimum atomic E-state index is -1.24. The fourth-order valence-corrected chi connectivity index (χ4v) is 2.49. The lowest BCUT2D eigenvalue weighted by Gasteiger charge is -2.29. The van der Waals surface area contributed by atoms with Gasteiger partial charge in [-0.3, -0.25) is 0 Å². The van der Waals surface area contributed by atoms with Gasteiger partial charge in [0, 0.05) is 13.8 Å². The third-order valence-electron chi connectivity index (χ3n) is 4.02. The van der Waals surface area contributed by atoms with E-state index in [4.69, 9.17) is 14.2 Å². The van der Waals surface area contributed by atoms with Crippen molar-refractivity contribution in [3.63, 3.8) is 0 Å². The Hall–Kier alpha value is -3.08. The SMILES string of the molecule is Cc1ccc(Oc2ccc(C=C3C(=O)OC(C)(C)OC3=O)cc2)cc1C. The monoisotopic (exact) mass is 352 g/mol. The highest BCUT2D eigenvalue weighted by atomic mass is 16.7. The number of hydrogen-bond acceptors (Lipinski definition) is 5. The van der Waals surface area contributed by atoms with E-state index in [0.717, 1.165) is 11.3 Å². The second kappa shape index (κ2) is 6.67. The first-order chi connectivity index (χ1) is 12.2. The van der Waals surface area contributed by atoms with Gasteiger partial charge in [0.1, 0.15) is 17.1 Å².